The summed E-state index contributed by atoms with van der Waals surface area (Å²) in [6.45, 7) is 6.52. The number of hydrogen-bond acceptors (Lipinski definition) is 3. The summed E-state index contributed by atoms with van der Waals surface area (Å²) in [6, 6.07) is 53.0. The minimum atomic E-state index is 0.966. The standard InChI is InChI=1S/C47H43N5/c1-33-15-21-37(22-16-33)51(38-23-17-34(2)18-24-38)39-27-29-40(30-28-39)52-43-13-7-5-11-41(43)45(47-48-42-12-6-8-14-44(42)49(47)3)46(52)35-19-25-36(26-20-35)50-31-9-4-10-32-50/h5-8,11-30H,4,9-10,31-32H2,1-3H3. The van der Waals surface area contributed by atoms with E-state index in [1.807, 2.05) is 0 Å². The number of piperidine rings is 1. The summed E-state index contributed by atoms with van der Waals surface area (Å²) in [5.41, 5.74) is 15.0. The summed E-state index contributed by atoms with van der Waals surface area (Å²) >= 11 is 0. The van der Waals surface area contributed by atoms with E-state index in [1.165, 1.54) is 47.0 Å². The Bertz CT molecular complexity index is 2450. The Kier molecular flexibility index (Phi) is 8.12. The third-order valence-electron chi connectivity index (χ3n) is 10.7. The highest BCUT2D eigenvalue weighted by Crippen LogP contribution is 2.44. The van der Waals surface area contributed by atoms with E-state index in [9.17, 15) is 0 Å². The molecule has 0 spiro atoms. The van der Waals surface area contributed by atoms with Crippen LogP contribution < -0.4 is 9.80 Å². The van der Waals surface area contributed by atoms with Crippen molar-refractivity contribution in [2.45, 2.75) is 33.1 Å². The van der Waals surface area contributed by atoms with Crippen LogP contribution in [0, 0.1) is 13.8 Å². The van der Waals surface area contributed by atoms with Gasteiger partial charge in [0, 0.05) is 54.0 Å². The highest BCUT2D eigenvalue weighted by molar-refractivity contribution is 6.05. The van der Waals surface area contributed by atoms with E-state index >= 15 is 0 Å². The number of para-hydroxylation sites is 3. The second kappa shape index (κ2) is 13.2. The molecule has 0 amide bonds. The van der Waals surface area contributed by atoms with E-state index in [4.69, 9.17) is 4.98 Å². The Morgan fingerprint density at radius 3 is 1.69 bits per heavy atom. The Balaban J connectivity index is 1.24. The van der Waals surface area contributed by atoms with Gasteiger partial charge in [-0.15, -0.1) is 0 Å². The molecule has 9 rings (SSSR count). The minimum Gasteiger partial charge on any atom is -0.372 e. The van der Waals surface area contributed by atoms with Gasteiger partial charge < -0.3 is 18.9 Å². The average Bonchev–Trinajstić information content (AvgIpc) is 3.71. The second-order valence-electron chi connectivity index (χ2n) is 14.2. The van der Waals surface area contributed by atoms with Crippen molar-refractivity contribution in [2.75, 3.05) is 22.9 Å². The fourth-order valence-corrected chi connectivity index (χ4v) is 7.94. The van der Waals surface area contributed by atoms with Gasteiger partial charge in [-0.2, -0.15) is 0 Å². The molecule has 0 N–H and O–H groups in total. The van der Waals surface area contributed by atoms with E-state index in [0.29, 0.717) is 0 Å². The first kappa shape index (κ1) is 31.9. The molecule has 0 unspecified atom stereocenters. The maximum absolute atomic E-state index is 5.27. The molecule has 3 heterocycles. The van der Waals surface area contributed by atoms with Crippen molar-refractivity contribution in [3.8, 4) is 28.3 Å². The number of aromatic nitrogens is 3. The smallest absolute Gasteiger partial charge is 0.143 e. The lowest BCUT2D eigenvalue weighted by molar-refractivity contribution is 0.578. The number of hydrogen-bond donors (Lipinski definition) is 0. The zero-order chi connectivity index (χ0) is 35.2. The monoisotopic (exact) mass is 677 g/mol. The number of anilines is 4. The van der Waals surface area contributed by atoms with Gasteiger partial charge in [0.25, 0.3) is 0 Å². The van der Waals surface area contributed by atoms with Gasteiger partial charge in [0.05, 0.1) is 27.8 Å². The molecule has 0 aliphatic carbocycles. The maximum Gasteiger partial charge on any atom is 0.143 e. The largest absolute Gasteiger partial charge is 0.372 e. The van der Waals surface area contributed by atoms with Crippen LogP contribution in [-0.4, -0.2) is 27.2 Å². The fourth-order valence-electron chi connectivity index (χ4n) is 7.94. The summed E-state index contributed by atoms with van der Waals surface area (Å²) in [5.74, 6) is 0.966. The lowest BCUT2D eigenvalue weighted by Crippen LogP contribution is -2.29. The molecule has 6 aromatic carbocycles. The molecule has 2 aromatic heterocycles. The molecular formula is C47H43N5. The first-order valence-electron chi connectivity index (χ1n) is 18.5. The highest BCUT2D eigenvalue weighted by atomic mass is 15.1. The van der Waals surface area contributed by atoms with Crippen molar-refractivity contribution in [2.24, 2.45) is 7.05 Å². The Labute approximate surface area is 306 Å². The van der Waals surface area contributed by atoms with Crippen LogP contribution >= 0.6 is 0 Å². The van der Waals surface area contributed by atoms with Crippen molar-refractivity contribution >= 4 is 44.7 Å². The average molecular weight is 678 g/mol. The number of nitrogens with zero attached hydrogens (tertiary/aromatic N) is 5. The van der Waals surface area contributed by atoms with Crippen LogP contribution in [0.2, 0.25) is 0 Å². The van der Waals surface area contributed by atoms with Crippen LogP contribution in [0.3, 0.4) is 0 Å². The van der Waals surface area contributed by atoms with Crippen LogP contribution in [0.25, 0.3) is 50.3 Å². The van der Waals surface area contributed by atoms with Crippen molar-refractivity contribution in [3.05, 3.63) is 157 Å². The first-order chi connectivity index (χ1) is 25.5. The molecule has 0 radical (unpaired) electrons. The van der Waals surface area contributed by atoms with Crippen molar-refractivity contribution in [1.82, 2.24) is 14.1 Å². The molecule has 0 bridgehead atoms. The zero-order valence-corrected chi connectivity index (χ0v) is 30.1. The highest BCUT2D eigenvalue weighted by Gasteiger charge is 2.25. The van der Waals surface area contributed by atoms with E-state index in [0.717, 1.165) is 69.5 Å². The number of benzene rings is 6. The predicted octanol–water partition coefficient (Wildman–Crippen LogP) is 11.9. The van der Waals surface area contributed by atoms with Gasteiger partial charge >= 0.3 is 0 Å². The van der Waals surface area contributed by atoms with E-state index in [-0.39, 0.29) is 0 Å². The van der Waals surface area contributed by atoms with Gasteiger partial charge in [-0.3, -0.25) is 0 Å². The van der Waals surface area contributed by atoms with E-state index in [1.54, 1.807) is 0 Å². The van der Waals surface area contributed by atoms with Gasteiger partial charge in [-0.25, -0.2) is 4.98 Å². The van der Waals surface area contributed by atoms with E-state index < -0.39 is 0 Å². The molecular weight excluding hydrogens is 635 g/mol. The Morgan fingerprint density at radius 2 is 1.08 bits per heavy atom. The number of aryl methyl sites for hydroxylation is 3. The van der Waals surface area contributed by atoms with E-state index in [2.05, 4.69) is 185 Å². The molecule has 5 heteroatoms. The molecule has 8 aromatic rings. The SMILES string of the molecule is Cc1ccc(N(c2ccc(C)cc2)c2ccc(-n3c(-c4ccc(N5CCCCC5)cc4)c(-c4nc5ccccc5n4C)c4ccccc43)cc2)cc1. The normalized spacial score (nSPS) is 13.2. The summed E-state index contributed by atoms with van der Waals surface area (Å²) in [5, 5.41) is 1.18. The van der Waals surface area contributed by atoms with Crippen molar-refractivity contribution < 1.29 is 0 Å². The molecule has 0 saturated carbocycles. The van der Waals surface area contributed by atoms with Crippen LogP contribution in [0.1, 0.15) is 30.4 Å². The van der Waals surface area contributed by atoms with Crippen LogP contribution in [0.5, 0.6) is 0 Å². The van der Waals surface area contributed by atoms with Crippen LogP contribution in [-0.2, 0) is 7.05 Å². The lowest BCUT2D eigenvalue weighted by atomic mass is 10.0. The molecule has 256 valence electrons. The molecule has 0 atom stereocenters. The third-order valence-corrected chi connectivity index (χ3v) is 10.7. The zero-order valence-electron chi connectivity index (χ0n) is 30.1. The fraction of sp³-hybridized carbons (Fsp3) is 0.170. The van der Waals surface area contributed by atoms with Crippen molar-refractivity contribution in [3.63, 3.8) is 0 Å². The van der Waals surface area contributed by atoms with Crippen LogP contribution in [0.4, 0.5) is 22.7 Å². The number of fused-ring (bicyclic) bond motifs is 2. The molecule has 1 saturated heterocycles. The summed E-state index contributed by atoms with van der Waals surface area (Å²) in [7, 11) is 2.14. The van der Waals surface area contributed by atoms with Gasteiger partial charge in [0.15, 0.2) is 0 Å². The van der Waals surface area contributed by atoms with Gasteiger partial charge in [0.2, 0.25) is 0 Å². The van der Waals surface area contributed by atoms with Gasteiger partial charge in [0.1, 0.15) is 5.82 Å². The number of rotatable bonds is 7. The van der Waals surface area contributed by atoms with Crippen molar-refractivity contribution in [1.29, 1.82) is 0 Å². The van der Waals surface area contributed by atoms with Gasteiger partial charge in [-0.1, -0.05) is 77.9 Å². The molecule has 1 aliphatic rings. The summed E-state index contributed by atoms with van der Waals surface area (Å²) in [6.07, 6.45) is 3.84. The van der Waals surface area contributed by atoms with Crippen LogP contribution in [0.15, 0.2) is 146 Å². The third kappa shape index (κ3) is 5.63. The molecule has 5 nitrogen and oxygen atoms in total. The molecule has 52 heavy (non-hydrogen) atoms. The minimum absolute atomic E-state index is 0.966. The first-order valence-corrected chi connectivity index (χ1v) is 18.5. The second-order valence-corrected chi connectivity index (χ2v) is 14.2. The number of imidazole rings is 1. The summed E-state index contributed by atoms with van der Waals surface area (Å²) < 4.78 is 4.68. The quantitative estimate of drug-likeness (QED) is 0.168. The molecule has 1 fully saturated rings. The molecule has 1 aliphatic heterocycles. The lowest BCUT2D eigenvalue weighted by Gasteiger charge is -2.29. The van der Waals surface area contributed by atoms with Gasteiger partial charge in [-0.05, 0) is 118 Å². The topological polar surface area (TPSA) is 29.2 Å². The Hall–Kier alpha value is -6.07. The summed E-state index contributed by atoms with van der Waals surface area (Å²) in [4.78, 5) is 10.1. The Morgan fingerprint density at radius 1 is 0.538 bits per heavy atom. The maximum atomic E-state index is 5.27. The predicted molar refractivity (Wildman–Crippen MR) is 219 cm³/mol.